The van der Waals surface area contributed by atoms with Crippen LogP contribution in [-0.2, 0) is 0 Å². The standard InChI is InChI=1S/C9H12N4/c1-3-4-7(2)13-9-6-11-8(10)5-12-9/h1,5-7H,4H2,2H3,(H2,10,11)(H,12,13). The van der Waals surface area contributed by atoms with Crippen LogP contribution in [0, 0.1) is 12.3 Å². The Labute approximate surface area is 77.6 Å². The number of aromatic nitrogens is 2. The molecule has 0 aliphatic rings. The van der Waals surface area contributed by atoms with E-state index < -0.39 is 0 Å². The van der Waals surface area contributed by atoms with Gasteiger partial charge in [0.05, 0.1) is 12.4 Å². The lowest BCUT2D eigenvalue weighted by Crippen LogP contribution is -2.15. The summed E-state index contributed by atoms with van der Waals surface area (Å²) in [4.78, 5) is 7.93. The van der Waals surface area contributed by atoms with Crippen molar-refractivity contribution in [2.24, 2.45) is 0 Å². The van der Waals surface area contributed by atoms with E-state index in [4.69, 9.17) is 12.2 Å². The van der Waals surface area contributed by atoms with Crippen molar-refractivity contribution < 1.29 is 0 Å². The third-order valence-electron chi connectivity index (χ3n) is 1.49. The van der Waals surface area contributed by atoms with Gasteiger partial charge in [-0.1, -0.05) is 0 Å². The molecule has 0 saturated heterocycles. The predicted molar refractivity (Wildman–Crippen MR) is 53.0 cm³/mol. The van der Waals surface area contributed by atoms with Crippen molar-refractivity contribution in [3.8, 4) is 12.3 Å². The fraction of sp³-hybridized carbons (Fsp3) is 0.333. The van der Waals surface area contributed by atoms with E-state index in [2.05, 4.69) is 21.2 Å². The van der Waals surface area contributed by atoms with Crippen LogP contribution in [0.4, 0.5) is 11.6 Å². The molecule has 1 unspecified atom stereocenters. The number of anilines is 2. The molecule has 0 fully saturated rings. The minimum absolute atomic E-state index is 0.197. The number of nitrogens with zero attached hydrogens (tertiary/aromatic N) is 2. The van der Waals surface area contributed by atoms with Gasteiger partial charge in [0.15, 0.2) is 0 Å². The van der Waals surface area contributed by atoms with Crippen LogP contribution in [0.25, 0.3) is 0 Å². The van der Waals surface area contributed by atoms with E-state index in [0.29, 0.717) is 18.1 Å². The van der Waals surface area contributed by atoms with Gasteiger partial charge in [0.1, 0.15) is 11.6 Å². The summed E-state index contributed by atoms with van der Waals surface area (Å²) >= 11 is 0. The summed E-state index contributed by atoms with van der Waals surface area (Å²) in [5.41, 5.74) is 5.38. The van der Waals surface area contributed by atoms with E-state index >= 15 is 0 Å². The minimum atomic E-state index is 0.197. The Balaban J connectivity index is 2.55. The Morgan fingerprint density at radius 3 is 2.92 bits per heavy atom. The maximum atomic E-state index is 5.38. The van der Waals surface area contributed by atoms with Crippen LogP contribution in [0.15, 0.2) is 12.4 Å². The average Bonchev–Trinajstić information content (AvgIpc) is 2.09. The van der Waals surface area contributed by atoms with Crippen molar-refractivity contribution in [2.75, 3.05) is 11.1 Å². The number of terminal acetylenes is 1. The molecule has 4 nitrogen and oxygen atoms in total. The molecule has 1 rings (SSSR count). The maximum absolute atomic E-state index is 5.38. The molecule has 13 heavy (non-hydrogen) atoms. The predicted octanol–water partition coefficient (Wildman–Crippen LogP) is 0.883. The Morgan fingerprint density at radius 2 is 2.38 bits per heavy atom. The fourth-order valence-corrected chi connectivity index (χ4v) is 0.893. The Kier molecular flexibility index (Phi) is 3.09. The summed E-state index contributed by atoms with van der Waals surface area (Å²) in [5, 5.41) is 3.10. The largest absolute Gasteiger partial charge is 0.382 e. The highest BCUT2D eigenvalue weighted by Gasteiger charge is 2.00. The molecule has 0 radical (unpaired) electrons. The molecular formula is C9H12N4. The minimum Gasteiger partial charge on any atom is -0.382 e. The highest BCUT2D eigenvalue weighted by atomic mass is 15.0. The quantitative estimate of drug-likeness (QED) is 0.671. The molecule has 0 aliphatic heterocycles. The lowest BCUT2D eigenvalue weighted by atomic mass is 10.2. The third kappa shape index (κ3) is 2.99. The summed E-state index contributed by atoms with van der Waals surface area (Å²) in [6.45, 7) is 1.98. The normalized spacial score (nSPS) is 11.7. The maximum Gasteiger partial charge on any atom is 0.144 e. The van der Waals surface area contributed by atoms with Gasteiger partial charge in [-0.3, -0.25) is 0 Å². The molecular weight excluding hydrogens is 164 g/mol. The lowest BCUT2D eigenvalue weighted by Gasteiger charge is -2.10. The van der Waals surface area contributed by atoms with Crippen LogP contribution in [0.2, 0.25) is 0 Å². The number of hydrogen-bond acceptors (Lipinski definition) is 4. The van der Waals surface area contributed by atoms with E-state index in [1.54, 1.807) is 6.20 Å². The zero-order chi connectivity index (χ0) is 9.68. The van der Waals surface area contributed by atoms with E-state index in [1.807, 2.05) is 6.92 Å². The van der Waals surface area contributed by atoms with E-state index in [-0.39, 0.29) is 6.04 Å². The van der Waals surface area contributed by atoms with Gasteiger partial charge in [0, 0.05) is 12.5 Å². The van der Waals surface area contributed by atoms with Crippen LogP contribution >= 0.6 is 0 Å². The summed E-state index contributed by atoms with van der Waals surface area (Å²) in [6, 6.07) is 0.197. The molecule has 0 spiro atoms. The Hall–Kier alpha value is -1.76. The zero-order valence-electron chi connectivity index (χ0n) is 7.49. The van der Waals surface area contributed by atoms with Crippen molar-refractivity contribution >= 4 is 11.6 Å². The molecule has 1 aromatic rings. The van der Waals surface area contributed by atoms with Crippen LogP contribution in [0.1, 0.15) is 13.3 Å². The van der Waals surface area contributed by atoms with Crippen molar-refractivity contribution in [3.05, 3.63) is 12.4 Å². The average molecular weight is 176 g/mol. The topological polar surface area (TPSA) is 63.8 Å². The van der Waals surface area contributed by atoms with Gasteiger partial charge in [0.2, 0.25) is 0 Å². The first-order valence-electron chi connectivity index (χ1n) is 4.00. The molecule has 0 amide bonds. The lowest BCUT2D eigenvalue weighted by molar-refractivity contribution is 0.820. The summed E-state index contributed by atoms with van der Waals surface area (Å²) in [6.07, 6.45) is 8.91. The van der Waals surface area contributed by atoms with E-state index in [1.165, 1.54) is 6.20 Å². The number of rotatable bonds is 3. The van der Waals surface area contributed by atoms with Gasteiger partial charge in [-0.05, 0) is 6.92 Å². The summed E-state index contributed by atoms with van der Waals surface area (Å²) in [5.74, 6) is 3.67. The molecule has 0 saturated carbocycles. The Bertz CT molecular complexity index is 298. The second kappa shape index (κ2) is 4.31. The fourth-order valence-electron chi connectivity index (χ4n) is 0.893. The van der Waals surface area contributed by atoms with Gasteiger partial charge < -0.3 is 11.1 Å². The zero-order valence-corrected chi connectivity index (χ0v) is 7.49. The second-order valence-electron chi connectivity index (χ2n) is 2.78. The van der Waals surface area contributed by atoms with Crippen LogP contribution < -0.4 is 11.1 Å². The molecule has 1 aromatic heterocycles. The first kappa shape index (κ1) is 9.33. The highest BCUT2D eigenvalue weighted by molar-refractivity contribution is 5.36. The molecule has 0 aromatic carbocycles. The molecule has 1 heterocycles. The third-order valence-corrected chi connectivity index (χ3v) is 1.49. The summed E-state index contributed by atoms with van der Waals surface area (Å²) < 4.78 is 0. The number of nitrogen functional groups attached to an aromatic ring is 1. The van der Waals surface area contributed by atoms with Gasteiger partial charge in [0.25, 0.3) is 0 Å². The van der Waals surface area contributed by atoms with Gasteiger partial charge in [-0.2, -0.15) is 0 Å². The first-order chi connectivity index (χ1) is 6.22. The summed E-state index contributed by atoms with van der Waals surface area (Å²) in [7, 11) is 0. The molecule has 0 aliphatic carbocycles. The molecule has 0 bridgehead atoms. The van der Waals surface area contributed by atoms with Crippen molar-refractivity contribution in [2.45, 2.75) is 19.4 Å². The van der Waals surface area contributed by atoms with Crippen LogP contribution in [0.3, 0.4) is 0 Å². The van der Waals surface area contributed by atoms with Gasteiger partial charge in [-0.25, -0.2) is 9.97 Å². The smallest absolute Gasteiger partial charge is 0.144 e. The number of nitrogens with one attached hydrogen (secondary N) is 1. The molecule has 3 N–H and O–H groups in total. The van der Waals surface area contributed by atoms with Crippen LogP contribution in [-0.4, -0.2) is 16.0 Å². The second-order valence-corrected chi connectivity index (χ2v) is 2.78. The van der Waals surface area contributed by atoms with Crippen molar-refractivity contribution in [3.63, 3.8) is 0 Å². The van der Waals surface area contributed by atoms with Gasteiger partial charge >= 0.3 is 0 Å². The SMILES string of the molecule is C#CCC(C)Nc1cnc(N)cn1. The van der Waals surface area contributed by atoms with Crippen LogP contribution in [0.5, 0.6) is 0 Å². The van der Waals surface area contributed by atoms with E-state index in [0.717, 1.165) is 0 Å². The molecule has 68 valence electrons. The number of hydrogen-bond donors (Lipinski definition) is 2. The van der Waals surface area contributed by atoms with E-state index in [9.17, 15) is 0 Å². The monoisotopic (exact) mass is 176 g/mol. The highest BCUT2D eigenvalue weighted by Crippen LogP contribution is 2.04. The van der Waals surface area contributed by atoms with Crippen molar-refractivity contribution in [1.29, 1.82) is 0 Å². The molecule has 1 atom stereocenters. The van der Waals surface area contributed by atoms with Crippen molar-refractivity contribution in [1.82, 2.24) is 9.97 Å². The molecule has 4 heteroatoms. The van der Waals surface area contributed by atoms with Gasteiger partial charge in [-0.15, -0.1) is 12.3 Å². The number of nitrogens with two attached hydrogens (primary N) is 1. The Morgan fingerprint density at radius 1 is 1.62 bits per heavy atom. The first-order valence-corrected chi connectivity index (χ1v) is 4.00.